The Kier molecular flexibility index (Phi) is 7.92. The van der Waals surface area contributed by atoms with E-state index in [0.717, 1.165) is 40.4 Å². The van der Waals surface area contributed by atoms with Gasteiger partial charge in [-0.15, -0.1) is 11.3 Å². The van der Waals surface area contributed by atoms with Crippen molar-refractivity contribution in [2.75, 3.05) is 25.5 Å². The molecule has 43 heavy (non-hydrogen) atoms. The SMILES string of the molecule is COC(=O)[C@@H]1CCCN1Cc1ccc(-c2ncc(CNC(=O)c3ccc4c(c3C)NCC3=C(C=CC(=O)C3=O)O4)s2)cc1. The third-order valence-electron chi connectivity index (χ3n) is 7.91. The number of thiazole rings is 1. The fraction of sp³-hybridized carbons (Fsp3) is 0.281. The van der Waals surface area contributed by atoms with Gasteiger partial charge in [0, 0.05) is 35.3 Å². The van der Waals surface area contributed by atoms with E-state index < -0.39 is 11.6 Å². The lowest BCUT2D eigenvalue weighted by Gasteiger charge is -2.22. The fourth-order valence-electron chi connectivity index (χ4n) is 5.57. The third-order valence-corrected chi connectivity index (χ3v) is 8.96. The number of aromatic nitrogens is 1. The molecule has 1 saturated heterocycles. The van der Waals surface area contributed by atoms with Crippen molar-refractivity contribution in [3.05, 3.63) is 87.6 Å². The minimum absolute atomic E-state index is 0.125. The minimum atomic E-state index is -0.593. The summed E-state index contributed by atoms with van der Waals surface area (Å²) in [5.41, 5.74) is 4.12. The number of methoxy groups -OCH3 is 1. The number of hydrogen-bond acceptors (Lipinski definition) is 10. The monoisotopic (exact) mass is 598 g/mol. The zero-order chi connectivity index (χ0) is 30.1. The number of benzene rings is 2. The maximum absolute atomic E-state index is 13.1. The van der Waals surface area contributed by atoms with Gasteiger partial charge < -0.3 is 20.1 Å². The molecule has 0 saturated carbocycles. The van der Waals surface area contributed by atoms with Crippen LogP contribution in [0.3, 0.4) is 0 Å². The first-order valence-electron chi connectivity index (χ1n) is 14.0. The number of hydrogen-bond donors (Lipinski definition) is 2. The predicted octanol–water partition coefficient (Wildman–Crippen LogP) is 3.95. The molecule has 3 aliphatic rings. The summed E-state index contributed by atoms with van der Waals surface area (Å²) < 4.78 is 10.9. The van der Waals surface area contributed by atoms with Crippen LogP contribution in [0.2, 0.25) is 0 Å². The molecule has 0 spiro atoms. The van der Waals surface area contributed by atoms with Crippen molar-refractivity contribution in [3.63, 3.8) is 0 Å². The Bertz CT molecular complexity index is 1690. The minimum Gasteiger partial charge on any atom is -0.468 e. The molecule has 0 radical (unpaired) electrons. The van der Waals surface area contributed by atoms with Crippen molar-refractivity contribution in [3.8, 4) is 16.3 Å². The number of allylic oxidation sites excluding steroid dienone is 2. The molecular weight excluding hydrogens is 568 g/mol. The molecule has 2 aliphatic heterocycles. The zero-order valence-corrected chi connectivity index (χ0v) is 24.6. The first kappa shape index (κ1) is 28.5. The van der Waals surface area contributed by atoms with Crippen LogP contribution in [0.25, 0.3) is 10.6 Å². The second-order valence-electron chi connectivity index (χ2n) is 10.6. The van der Waals surface area contributed by atoms with Crippen molar-refractivity contribution in [2.24, 2.45) is 0 Å². The van der Waals surface area contributed by atoms with E-state index in [1.165, 1.54) is 30.6 Å². The van der Waals surface area contributed by atoms with E-state index in [-0.39, 0.29) is 30.0 Å². The molecule has 2 aromatic carbocycles. The number of carbonyl (C=O) groups is 4. The van der Waals surface area contributed by atoms with Gasteiger partial charge >= 0.3 is 5.97 Å². The number of carbonyl (C=O) groups excluding carboxylic acids is 4. The van der Waals surface area contributed by atoms with E-state index in [9.17, 15) is 19.2 Å². The average Bonchev–Trinajstić information content (AvgIpc) is 3.64. The lowest BCUT2D eigenvalue weighted by molar-refractivity contribution is -0.146. The molecule has 220 valence electrons. The summed E-state index contributed by atoms with van der Waals surface area (Å²) in [6, 6.07) is 11.4. The largest absolute Gasteiger partial charge is 0.468 e. The summed E-state index contributed by atoms with van der Waals surface area (Å²) in [6.45, 7) is 3.81. The van der Waals surface area contributed by atoms with E-state index in [0.29, 0.717) is 41.4 Å². The second kappa shape index (κ2) is 11.9. The average molecular weight is 599 g/mol. The maximum Gasteiger partial charge on any atom is 0.323 e. The smallest absolute Gasteiger partial charge is 0.323 e. The molecule has 2 N–H and O–H groups in total. The van der Waals surface area contributed by atoms with Gasteiger partial charge in [-0.3, -0.25) is 24.1 Å². The normalized spacial score (nSPS) is 18.0. The number of ketones is 2. The van der Waals surface area contributed by atoms with Crippen molar-refractivity contribution in [1.82, 2.24) is 15.2 Å². The number of anilines is 1. The quantitative estimate of drug-likeness (QED) is 0.236. The van der Waals surface area contributed by atoms with Crippen LogP contribution < -0.4 is 15.4 Å². The zero-order valence-electron chi connectivity index (χ0n) is 23.8. The topological polar surface area (TPSA) is 127 Å². The molecule has 1 fully saturated rings. The van der Waals surface area contributed by atoms with Gasteiger partial charge in [-0.25, -0.2) is 4.98 Å². The summed E-state index contributed by atoms with van der Waals surface area (Å²) in [4.78, 5) is 56.9. The standard InChI is InChI=1S/C32H30N4O6S/c1-18-22(9-11-27-28(18)33-16-23-26(42-27)12-10-25(37)29(23)38)30(39)34-14-21-15-35-31(43-21)20-7-5-19(6-8-20)17-36-13-3-4-24(36)32(40)41-2/h5-12,15,24,33H,3-4,13-14,16-17H2,1-2H3,(H,34,39)/t24-/m0/s1. The molecule has 1 aliphatic carbocycles. The molecular formula is C32H30N4O6S. The third kappa shape index (κ3) is 5.73. The van der Waals surface area contributed by atoms with Crippen LogP contribution in [-0.4, -0.2) is 59.6 Å². The van der Waals surface area contributed by atoms with Gasteiger partial charge in [-0.1, -0.05) is 24.3 Å². The Hall–Kier alpha value is -4.61. The van der Waals surface area contributed by atoms with Crippen LogP contribution in [0.5, 0.6) is 5.75 Å². The van der Waals surface area contributed by atoms with Gasteiger partial charge in [0.25, 0.3) is 5.91 Å². The summed E-state index contributed by atoms with van der Waals surface area (Å²) in [6.07, 6.45) is 6.28. The van der Waals surface area contributed by atoms with E-state index >= 15 is 0 Å². The molecule has 6 rings (SSSR count). The van der Waals surface area contributed by atoms with Crippen LogP contribution in [0, 0.1) is 6.92 Å². The number of nitrogens with zero attached hydrogens (tertiary/aromatic N) is 2. The van der Waals surface area contributed by atoms with Crippen molar-refractivity contribution in [1.29, 1.82) is 0 Å². The highest BCUT2D eigenvalue weighted by atomic mass is 32.1. The van der Waals surface area contributed by atoms with E-state index in [1.807, 2.05) is 19.1 Å². The molecule has 3 aromatic rings. The summed E-state index contributed by atoms with van der Waals surface area (Å²) in [5.74, 6) is -0.785. The number of rotatable bonds is 7. The van der Waals surface area contributed by atoms with Crippen molar-refractivity contribution >= 4 is 40.5 Å². The molecule has 11 heteroatoms. The van der Waals surface area contributed by atoms with Crippen LogP contribution in [0.4, 0.5) is 5.69 Å². The number of Topliss-reactive ketones (excluding diaryl/α,β-unsaturated/α-hetero) is 1. The van der Waals surface area contributed by atoms with Crippen LogP contribution in [-0.2, 0) is 32.2 Å². The Labute approximate surface area is 252 Å². The maximum atomic E-state index is 13.1. The fourth-order valence-corrected chi connectivity index (χ4v) is 6.43. The highest BCUT2D eigenvalue weighted by Crippen LogP contribution is 2.36. The van der Waals surface area contributed by atoms with E-state index in [4.69, 9.17) is 9.47 Å². The number of likely N-dealkylation sites (tertiary alicyclic amines) is 1. The highest BCUT2D eigenvalue weighted by Gasteiger charge is 2.31. The summed E-state index contributed by atoms with van der Waals surface area (Å²) in [5, 5.41) is 6.99. The number of esters is 1. The second-order valence-corrected chi connectivity index (χ2v) is 11.7. The van der Waals surface area contributed by atoms with Crippen LogP contribution in [0.1, 0.15) is 39.2 Å². The predicted molar refractivity (Wildman–Crippen MR) is 161 cm³/mol. The van der Waals surface area contributed by atoms with E-state index in [2.05, 4.69) is 32.7 Å². The van der Waals surface area contributed by atoms with Gasteiger partial charge in [0.2, 0.25) is 11.6 Å². The highest BCUT2D eigenvalue weighted by molar-refractivity contribution is 7.15. The number of amides is 1. The Balaban J connectivity index is 1.07. The molecule has 1 aromatic heterocycles. The Morgan fingerprint density at radius 3 is 2.77 bits per heavy atom. The molecule has 1 atom stereocenters. The first-order chi connectivity index (χ1) is 20.8. The van der Waals surface area contributed by atoms with Gasteiger partial charge in [0.15, 0.2) is 5.75 Å². The van der Waals surface area contributed by atoms with Gasteiger partial charge in [0.05, 0.1) is 24.9 Å². The van der Waals surface area contributed by atoms with Gasteiger partial charge in [-0.05, 0) is 61.7 Å². The van der Waals surface area contributed by atoms with E-state index in [1.54, 1.807) is 18.3 Å². The number of ether oxygens (including phenoxy) is 2. The Morgan fingerprint density at radius 1 is 1.16 bits per heavy atom. The van der Waals surface area contributed by atoms with Gasteiger partial charge in [-0.2, -0.15) is 0 Å². The molecule has 3 heterocycles. The summed E-state index contributed by atoms with van der Waals surface area (Å²) >= 11 is 1.51. The molecule has 0 unspecified atom stereocenters. The number of nitrogens with one attached hydrogen (secondary N) is 2. The molecule has 1 amide bonds. The van der Waals surface area contributed by atoms with Gasteiger partial charge in [0.1, 0.15) is 16.8 Å². The lowest BCUT2D eigenvalue weighted by atomic mass is 10.0. The van der Waals surface area contributed by atoms with Crippen molar-refractivity contribution < 1.29 is 28.7 Å². The van der Waals surface area contributed by atoms with Crippen LogP contribution >= 0.6 is 11.3 Å². The van der Waals surface area contributed by atoms with Crippen LogP contribution in [0.15, 0.2) is 66.1 Å². The lowest BCUT2D eigenvalue weighted by Crippen LogP contribution is -2.36. The number of fused-ring (bicyclic) bond motifs is 1. The molecule has 10 nitrogen and oxygen atoms in total. The summed E-state index contributed by atoms with van der Waals surface area (Å²) in [7, 11) is 1.43. The molecule has 0 bridgehead atoms. The Morgan fingerprint density at radius 2 is 1.98 bits per heavy atom. The first-order valence-corrected chi connectivity index (χ1v) is 14.8. The van der Waals surface area contributed by atoms with Crippen molar-refractivity contribution in [2.45, 2.75) is 38.9 Å².